The Hall–Kier alpha value is -1.40. The molecule has 0 aromatic heterocycles. The van der Waals surface area contributed by atoms with E-state index >= 15 is 0 Å². The van der Waals surface area contributed by atoms with E-state index in [9.17, 15) is 0 Å². The second kappa shape index (κ2) is 25.6. The van der Waals surface area contributed by atoms with Crippen LogP contribution in [0.25, 0.3) is 0 Å². The molecule has 0 aliphatic rings. The Balaban J connectivity index is 2.13. The molecule has 0 saturated carbocycles. The van der Waals surface area contributed by atoms with Crippen LogP contribution in [0.4, 0.5) is 11.4 Å². The molecule has 4 nitrogen and oxygen atoms in total. The minimum Gasteiger partial charge on any atom is -0.471 e. The number of rotatable bonds is 24. The maximum absolute atomic E-state index is 5.77. The summed E-state index contributed by atoms with van der Waals surface area (Å²) in [6.45, 7) is 7.92. The third-order valence-corrected chi connectivity index (χ3v) is 7.62. The van der Waals surface area contributed by atoms with E-state index in [1.165, 1.54) is 116 Å². The third-order valence-electron chi connectivity index (χ3n) is 7.18. The molecule has 1 aromatic rings. The molecule has 1 rings (SSSR count). The fourth-order valence-electron chi connectivity index (χ4n) is 4.64. The fraction of sp³-hybridized carbons (Fsp3) is 0.758. The molecule has 0 radical (unpaired) electrons. The van der Waals surface area contributed by atoms with Crippen molar-refractivity contribution in [2.45, 2.75) is 149 Å². The van der Waals surface area contributed by atoms with Crippen molar-refractivity contribution in [3.8, 4) is 0 Å². The van der Waals surface area contributed by atoms with Crippen LogP contribution in [0.1, 0.15) is 148 Å². The molecule has 0 fully saturated rings. The Morgan fingerprint density at radius 3 is 1.38 bits per heavy atom. The number of aryl methyl sites for hydroxylation is 1. The van der Waals surface area contributed by atoms with E-state index in [-0.39, 0.29) is 0 Å². The van der Waals surface area contributed by atoms with Gasteiger partial charge in [-0.1, -0.05) is 135 Å². The van der Waals surface area contributed by atoms with Crippen LogP contribution < -0.4 is 10.6 Å². The molecular weight excluding hydrogens is 521 g/mol. The van der Waals surface area contributed by atoms with E-state index < -0.39 is 0 Å². The highest BCUT2D eigenvalue weighted by molar-refractivity contribution is 7.80. The smallest absolute Gasteiger partial charge is 0.261 e. The monoisotopic (exact) mass is 578 g/mol. The van der Waals surface area contributed by atoms with Crippen LogP contribution in [0.5, 0.6) is 0 Å². The highest BCUT2D eigenvalue weighted by Gasteiger charge is 2.06. The van der Waals surface area contributed by atoms with E-state index in [0.717, 1.165) is 29.8 Å². The van der Waals surface area contributed by atoms with Crippen molar-refractivity contribution in [2.24, 2.45) is 0 Å². The zero-order valence-corrected chi connectivity index (χ0v) is 27.1. The number of anilines is 2. The summed E-state index contributed by atoms with van der Waals surface area (Å²) in [6.07, 6.45) is 26.2. The van der Waals surface area contributed by atoms with Crippen LogP contribution >= 0.6 is 24.4 Å². The lowest BCUT2D eigenvalue weighted by Crippen LogP contribution is -2.16. The van der Waals surface area contributed by atoms with E-state index in [2.05, 4.69) is 31.4 Å². The Bertz CT molecular complexity index is 757. The van der Waals surface area contributed by atoms with Crippen LogP contribution in [-0.4, -0.2) is 23.6 Å². The van der Waals surface area contributed by atoms with Gasteiger partial charge in [0, 0.05) is 11.4 Å². The van der Waals surface area contributed by atoms with E-state index in [4.69, 9.17) is 33.9 Å². The molecule has 224 valence electrons. The summed E-state index contributed by atoms with van der Waals surface area (Å²) in [5.41, 5.74) is 2.90. The van der Waals surface area contributed by atoms with E-state index in [0.29, 0.717) is 23.6 Å². The fourth-order valence-corrected chi connectivity index (χ4v) is 5.04. The van der Waals surface area contributed by atoms with Gasteiger partial charge in [-0.3, -0.25) is 0 Å². The molecule has 39 heavy (non-hydrogen) atoms. The topological polar surface area (TPSA) is 42.5 Å². The van der Waals surface area contributed by atoms with Crippen molar-refractivity contribution in [2.75, 3.05) is 23.8 Å². The number of benzene rings is 1. The molecular formula is C33H58N2O2S2. The maximum atomic E-state index is 5.77. The van der Waals surface area contributed by atoms with Gasteiger partial charge in [0.25, 0.3) is 10.3 Å². The first-order valence-corrected chi connectivity index (χ1v) is 16.9. The normalized spacial score (nSPS) is 10.8. The second-order valence-corrected chi connectivity index (χ2v) is 11.7. The summed E-state index contributed by atoms with van der Waals surface area (Å²) in [5.74, 6) is 0. The largest absolute Gasteiger partial charge is 0.471 e. The summed E-state index contributed by atoms with van der Waals surface area (Å²) in [6, 6.07) is 6.05. The van der Waals surface area contributed by atoms with Gasteiger partial charge in [-0.25, -0.2) is 0 Å². The van der Waals surface area contributed by atoms with Crippen LogP contribution in [0, 0.1) is 6.92 Å². The van der Waals surface area contributed by atoms with Gasteiger partial charge in [-0.15, -0.1) is 0 Å². The number of hydrogen-bond acceptors (Lipinski definition) is 4. The van der Waals surface area contributed by atoms with Gasteiger partial charge in [0.2, 0.25) is 0 Å². The number of thiocarbonyl (C=S) groups is 2. The van der Waals surface area contributed by atoms with Crippen molar-refractivity contribution in [1.29, 1.82) is 0 Å². The highest BCUT2D eigenvalue weighted by atomic mass is 32.1. The van der Waals surface area contributed by atoms with Crippen molar-refractivity contribution in [3.05, 3.63) is 23.8 Å². The molecule has 6 heteroatoms. The van der Waals surface area contributed by atoms with Gasteiger partial charge in [-0.2, -0.15) is 0 Å². The second-order valence-electron chi connectivity index (χ2n) is 10.9. The number of hydrogen-bond donors (Lipinski definition) is 2. The standard InChI is InChI=1S/C33H58N2O2S2/c1-4-6-8-10-12-14-16-18-20-22-26-36-32(38)34-30-25-24-29(3)31(28-30)35-33(39)37-27-23-21-19-17-15-13-11-9-7-5-2/h24-25,28H,4-23,26-27H2,1-3H3,(H,34,38)(H,35,39). The minimum absolute atomic E-state index is 0.417. The van der Waals surface area contributed by atoms with Gasteiger partial charge in [0.15, 0.2) is 0 Å². The predicted molar refractivity (Wildman–Crippen MR) is 179 cm³/mol. The van der Waals surface area contributed by atoms with Crippen LogP contribution in [0.2, 0.25) is 0 Å². The molecule has 0 amide bonds. The molecule has 0 spiro atoms. The Morgan fingerprint density at radius 2 is 0.949 bits per heavy atom. The van der Waals surface area contributed by atoms with Gasteiger partial charge >= 0.3 is 0 Å². The first-order valence-electron chi connectivity index (χ1n) is 16.0. The van der Waals surface area contributed by atoms with Crippen molar-refractivity contribution >= 4 is 46.2 Å². The first kappa shape index (κ1) is 35.6. The molecule has 0 aliphatic carbocycles. The van der Waals surface area contributed by atoms with Gasteiger partial charge < -0.3 is 20.1 Å². The van der Waals surface area contributed by atoms with Crippen molar-refractivity contribution in [1.82, 2.24) is 0 Å². The molecule has 0 unspecified atom stereocenters. The Morgan fingerprint density at radius 1 is 0.564 bits per heavy atom. The summed E-state index contributed by atoms with van der Waals surface area (Å²) < 4.78 is 11.5. The van der Waals surface area contributed by atoms with Crippen LogP contribution in [0.3, 0.4) is 0 Å². The summed E-state index contributed by atoms with van der Waals surface area (Å²) in [7, 11) is 0. The zero-order chi connectivity index (χ0) is 28.4. The van der Waals surface area contributed by atoms with Crippen molar-refractivity contribution in [3.63, 3.8) is 0 Å². The number of ether oxygens (including phenoxy) is 2. The molecule has 0 atom stereocenters. The highest BCUT2D eigenvalue weighted by Crippen LogP contribution is 2.21. The van der Waals surface area contributed by atoms with E-state index in [1.807, 2.05) is 18.2 Å². The lowest BCUT2D eigenvalue weighted by molar-refractivity contribution is 0.298. The Kier molecular flexibility index (Phi) is 23.3. The summed E-state index contributed by atoms with van der Waals surface area (Å²) >= 11 is 10.8. The maximum Gasteiger partial charge on any atom is 0.261 e. The summed E-state index contributed by atoms with van der Waals surface area (Å²) in [4.78, 5) is 0. The Labute approximate surface area is 251 Å². The van der Waals surface area contributed by atoms with Gasteiger partial charge in [-0.05, 0) is 61.9 Å². The number of nitrogens with one attached hydrogen (secondary N) is 2. The van der Waals surface area contributed by atoms with Crippen molar-refractivity contribution < 1.29 is 9.47 Å². The zero-order valence-electron chi connectivity index (χ0n) is 25.4. The molecule has 0 heterocycles. The quantitative estimate of drug-likeness (QED) is 0.0939. The molecule has 1 aromatic carbocycles. The summed E-state index contributed by atoms with van der Waals surface area (Å²) in [5, 5.41) is 7.27. The first-order chi connectivity index (χ1) is 19.1. The molecule has 0 saturated heterocycles. The minimum atomic E-state index is 0.417. The van der Waals surface area contributed by atoms with Crippen LogP contribution in [-0.2, 0) is 9.47 Å². The van der Waals surface area contributed by atoms with Crippen LogP contribution in [0.15, 0.2) is 18.2 Å². The predicted octanol–water partition coefficient (Wildman–Crippen LogP) is 11.3. The number of unbranched alkanes of at least 4 members (excludes halogenated alkanes) is 18. The average molecular weight is 579 g/mol. The van der Waals surface area contributed by atoms with Gasteiger partial charge in [0.05, 0.1) is 13.2 Å². The van der Waals surface area contributed by atoms with E-state index in [1.54, 1.807) is 0 Å². The SMILES string of the molecule is CCCCCCCCCCCCOC(=S)Nc1ccc(C)c(NC(=S)OCCCCCCCCCCCC)c1. The molecule has 2 N–H and O–H groups in total. The average Bonchev–Trinajstić information content (AvgIpc) is 2.92. The lowest BCUT2D eigenvalue weighted by atomic mass is 10.1. The molecule has 0 aliphatic heterocycles. The van der Waals surface area contributed by atoms with Gasteiger partial charge in [0.1, 0.15) is 0 Å². The molecule has 0 bridgehead atoms. The lowest BCUT2D eigenvalue weighted by Gasteiger charge is -2.15. The third kappa shape index (κ3) is 21.1.